The molecule has 0 aromatic carbocycles. The summed E-state index contributed by atoms with van der Waals surface area (Å²) >= 11 is 0. The molecule has 0 saturated heterocycles. The largest absolute Gasteiger partial charge is 0.382 e. The van der Waals surface area contributed by atoms with Gasteiger partial charge in [-0.3, -0.25) is 4.99 Å². The third-order valence-corrected chi connectivity index (χ3v) is 1.28. The molecule has 2 N–H and O–H groups in total. The average molecular weight is 135 g/mol. The van der Waals surface area contributed by atoms with Crippen LogP contribution in [0.3, 0.4) is 0 Å². The molecular weight excluding hydrogens is 130 g/mol. The fourth-order valence-corrected chi connectivity index (χ4v) is 0.823. The van der Waals surface area contributed by atoms with E-state index in [1.165, 1.54) is 6.33 Å². The van der Waals surface area contributed by atoms with Crippen LogP contribution in [-0.2, 0) is 0 Å². The van der Waals surface area contributed by atoms with Crippen molar-refractivity contribution in [2.75, 3.05) is 12.4 Å². The van der Waals surface area contributed by atoms with E-state index in [0.717, 1.165) is 0 Å². The van der Waals surface area contributed by atoms with Gasteiger partial charge in [-0.05, 0) is 0 Å². The highest BCUT2D eigenvalue weighted by Crippen LogP contribution is 1.81. The number of fused-ring (bicyclic) bond motifs is 1. The van der Waals surface area contributed by atoms with Crippen LogP contribution in [0.4, 0.5) is 5.82 Å². The van der Waals surface area contributed by atoms with Gasteiger partial charge >= 0.3 is 0 Å². The van der Waals surface area contributed by atoms with Gasteiger partial charge in [0.2, 0.25) is 0 Å². The number of nitrogens with zero attached hydrogens (tertiary/aromatic N) is 4. The molecule has 0 bridgehead atoms. The minimum Gasteiger partial charge on any atom is -0.382 e. The van der Waals surface area contributed by atoms with E-state index >= 15 is 0 Å². The molecule has 1 aliphatic heterocycles. The highest BCUT2D eigenvalue weighted by molar-refractivity contribution is 5.23. The first-order valence-corrected chi connectivity index (χ1v) is 2.83. The molecule has 1 aliphatic rings. The average Bonchev–Trinajstić information content (AvgIpc) is 2.36. The highest BCUT2D eigenvalue weighted by atomic mass is 15.1. The lowest BCUT2D eigenvalue weighted by Gasteiger charge is -1.85. The SMILES string of the molecule is Nc1ncnc2c1=NCN=2. The first-order valence-electron chi connectivity index (χ1n) is 2.83. The molecule has 1 aromatic rings. The van der Waals surface area contributed by atoms with Crippen LogP contribution in [-0.4, -0.2) is 16.6 Å². The molecule has 0 atom stereocenters. The standard InChI is InChI=1S/C5H5N5/c6-4-3-5(9-1-7-3)10-2-8-4/h2H,1H2,(H2,6,8,9,10). The Morgan fingerprint density at radius 2 is 2.20 bits per heavy atom. The Hall–Kier alpha value is -1.52. The molecule has 5 heteroatoms. The van der Waals surface area contributed by atoms with Gasteiger partial charge in [0.15, 0.2) is 11.3 Å². The molecule has 0 saturated carbocycles. The topological polar surface area (TPSA) is 76.5 Å². The smallest absolute Gasteiger partial charge is 0.180 e. The number of rotatable bonds is 0. The van der Waals surface area contributed by atoms with Crippen LogP contribution >= 0.6 is 0 Å². The van der Waals surface area contributed by atoms with Gasteiger partial charge < -0.3 is 5.73 Å². The van der Waals surface area contributed by atoms with Crippen LogP contribution in [0.5, 0.6) is 0 Å². The Labute approximate surface area is 56.4 Å². The summed E-state index contributed by atoms with van der Waals surface area (Å²) in [6, 6.07) is 0. The maximum Gasteiger partial charge on any atom is 0.180 e. The quantitative estimate of drug-likeness (QED) is 0.459. The zero-order valence-electron chi connectivity index (χ0n) is 5.15. The number of hydrogen-bond donors (Lipinski definition) is 1. The second-order valence-corrected chi connectivity index (χ2v) is 1.89. The van der Waals surface area contributed by atoms with E-state index in [-0.39, 0.29) is 0 Å². The monoisotopic (exact) mass is 135 g/mol. The first-order chi connectivity index (χ1) is 4.88. The second kappa shape index (κ2) is 1.73. The van der Waals surface area contributed by atoms with Crippen molar-refractivity contribution in [3.63, 3.8) is 0 Å². The Bertz CT molecular complexity index is 368. The molecule has 0 aliphatic carbocycles. The minimum atomic E-state index is 0.409. The van der Waals surface area contributed by atoms with Crippen molar-refractivity contribution in [1.29, 1.82) is 0 Å². The fraction of sp³-hybridized carbons (Fsp3) is 0.200. The lowest BCUT2D eigenvalue weighted by atomic mass is 10.5. The van der Waals surface area contributed by atoms with Gasteiger partial charge in [0.1, 0.15) is 18.4 Å². The van der Waals surface area contributed by atoms with Gasteiger partial charge in [0.25, 0.3) is 0 Å². The molecule has 1 aromatic heterocycles. The van der Waals surface area contributed by atoms with Crippen LogP contribution < -0.4 is 16.6 Å². The molecule has 0 radical (unpaired) electrons. The van der Waals surface area contributed by atoms with E-state index in [4.69, 9.17) is 5.73 Å². The van der Waals surface area contributed by atoms with Gasteiger partial charge in [-0.25, -0.2) is 15.0 Å². The van der Waals surface area contributed by atoms with Crippen molar-refractivity contribution >= 4 is 5.82 Å². The lowest BCUT2D eigenvalue weighted by Crippen LogP contribution is -2.29. The summed E-state index contributed by atoms with van der Waals surface area (Å²) < 4.78 is 0. The second-order valence-electron chi connectivity index (χ2n) is 1.89. The van der Waals surface area contributed by atoms with Crippen LogP contribution in [0.15, 0.2) is 16.3 Å². The Balaban J connectivity index is 2.97. The number of nitrogens with two attached hydrogens (primary N) is 1. The van der Waals surface area contributed by atoms with E-state index in [1.807, 2.05) is 0 Å². The Kier molecular flexibility index (Phi) is 0.913. The summed E-state index contributed by atoms with van der Waals surface area (Å²) in [7, 11) is 0. The molecule has 0 unspecified atom stereocenters. The predicted octanol–water partition coefficient (Wildman–Crippen LogP) is -1.73. The van der Waals surface area contributed by atoms with Gasteiger partial charge in [0.05, 0.1) is 0 Å². The zero-order valence-corrected chi connectivity index (χ0v) is 5.15. The lowest BCUT2D eigenvalue weighted by molar-refractivity contribution is 1.03. The molecule has 10 heavy (non-hydrogen) atoms. The summed E-state index contributed by atoms with van der Waals surface area (Å²) in [5, 5.41) is 0.627. The Morgan fingerprint density at radius 3 is 3.00 bits per heavy atom. The zero-order chi connectivity index (χ0) is 6.97. The molecule has 50 valence electrons. The number of hydrogen-bond acceptors (Lipinski definition) is 5. The highest BCUT2D eigenvalue weighted by Gasteiger charge is 1.99. The van der Waals surface area contributed by atoms with E-state index in [1.54, 1.807) is 0 Å². The van der Waals surface area contributed by atoms with Crippen LogP contribution in [0.25, 0.3) is 0 Å². The molecule has 2 heterocycles. The summed E-state index contributed by atoms with van der Waals surface area (Å²) in [4.78, 5) is 15.6. The minimum absolute atomic E-state index is 0.409. The normalized spacial score (nSPS) is 13.6. The van der Waals surface area contributed by atoms with Gasteiger partial charge in [-0.15, -0.1) is 0 Å². The van der Waals surface area contributed by atoms with Crippen molar-refractivity contribution in [1.82, 2.24) is 9.97 Å². The summed E-state index contributed by atoms with van der Waals surface area (Å²) in [5.41, 5.74) is 6.07. The van der Waals surface area contributed by atoms with Crippen molar-refractivity contribution in [3.05, 3.63) is 17.2 Å². The number of aromatic nitrogens is 2. The van der Waals surface area contributed by atoms with Gasteiger partial charge in [0, 0.05) is 0 Å². The molecule has 2 rings (SSSR count). The van der Waals surface area contributed by atoms with E-state index in [0.29, 0.717) is 23.3 Å². The molecule has 0 fully saturated rings. The maximum absolute atomic E-state index is 5.47. The summed E-state index contributed by atoms with van der Waals surface area (Å²) in [6.07, 6.45) is 1.39. The third-order valence-electron chi connectivity index (χ3n) is 1.28. The van der Waals surface area contributed by atoms with Crippen molar-refractivity contribution in [3.8, 4) is 0 Å². The maximum atomic E-state index is 5.47. The molecule has 0 spiro atoms. The van der Waals surface area contributed by atoms with Crippen molar-refractivity contribution in [2.24, 2.45) is 9.98 Å². The Morgan fingerprint density at radius 1 is 1.30 bits per heavy atom. The van der Waals surface area contributed by atoms with Crippen molar-refractivity contribution in [2.45, 2.75) is 0 Å². The third kappa shape index (κ3) is 0.570. The number of nitrogen functional groups attached to an aromatic ring is 1. The summed E-state index contributed by atoms with van der Waals surface area (Å²) in [6.45, 7) is 0.429. The van der Waals surface area contributed by atoms with E-state index in [9.17, 15) is 0 Å². The van der Waals surface area contributed by atoms with E-state index < -0.39 is 0 Å². The summed E-state index contributed by atoms with van der Waals surface area (Å²) in [5.74, 6) is 0.409. The molecule has 5 nitrogen and oxygen atoms in total. The molecular formula is C5H5N5. The van der Waals surface area contributed by atoms with Gasteiger partial charge in [-0.1, -0.05) is 0 Å². The van der Waals surface area contributed by atoms with Crippen LogP contribution in [0.1, 0.15) is 0 Å². The predicted molar refractivity (Wildman–Crippen MR) is 33.6 cm³/mol. The fourth-order valence-electron chi connectivity index (χ4n) is 0.823. The van der Waals surface area contributed by atoms with Crippen molar-refractivity contribution < 1.29 is 0 Å². The molecule has 0 amide bonds. The van der Waals surface area contributed by atoms with E-state index in [2.05, 4.69) is 20.0 Å². The first kappa shape index (κ1) is 5.28. The number of anilines is 1. The van der Waals surface area contributed by atoms with Crippen LogP contribution in [0, 0.1) is 0 Å². The van der Waals surface area contributed by atoms with Gasteiger partial charge in [-0.2, -0.15) is 0 Å². The van der Waals surface area contributed by atoms with Crippen LogP contribution in [0.2, 0.25) is 0 Å².